The SMILES string of the molecule is CN(C)C(=O)CCNS(=O)(=O)Cc1ccc(C(=O)O)cc1. The Bertz CT molecular complexity index is 608. The van der Waals surface area contributed by atoms with Crippen molar-refractivity contribution in [3.05, 3.63) is 35.4 Å². The zero-order valence-corrected chi connectivity index (χ0v) is 12.7. The van der Waals surface area contributed by atoms with Crippen LogP contribution in [0.1, 0.15) is 22.3 Å². The van der Waals surface area contributed by atoms with E-state index in [1.54, 1.807) is 14.1 Å². The Morgan fingerprint density at radius 2 is 1.76 bits per heavy atom. The predicted molar refractivity (Wildman–Crippen MR) is 77.3 cm³/mol. The van der Waals surface area contributed by atoms with Gasteiger partial charge in [-0.3, -0.25) is 4.79 Å². The minimum absolute atomic E-state index is 0.0343. The molecule has 0 atom stereocenters. The van der Waals surface area contributed by atoms with Gasteiger partial charge in [0.1, 0.15) is 0 Å². The standard InChI is InChI=1S/C13H18N2O5S/c1-15(2)12(16)7-8-14-21(19,20)9-10-3-5-11(6-4-10)13(17)18/h3-6,14H,7-9H2,1-2H3,(H,17,18). The van der Waals surface area contributed by atoms with Gasteiger partial charge in [-0.05, 0) is 17.7 Å². The number of aromatic carboxylic acids is 1. The van der Waals surface area contributed by atoms with Crippen LogP contribution in [0, 0.1) is 0 Å². The number of rotatable bonds is 7. The molecular formula is C13H18N2O5S. The molecule has 0 aromatic heterocycles. The summed E-state index contributed by atoms with van der Waals surface area (Å²) in [4.78, 5) is 23.4. The maximum Gasteiger partial charge on any atom is 0.335 e. The van der Waals surface area contributed by atoms with Crippen LogP contribution >= 0.6 is 0 Å². The Balaban J connectivity index is 2.56. The van der Waals surface area contributed by atoms with Crippen molar-refractivity contribution >= 4 is 21.9 Å². The summed E-state index contributed by atoms with van der Waals surface area (Å²) in [6.45, 7) is 0.0343. The van der Waals surface area contributed by atoms with Gasteiger partial charge >= 0.3 is 5.97 Å². The normalized spacial score (nSPS) is 11.1. The third-order valence-corrected chi connectivity index (χ3v) is 4.07. The van der Waals surface area contributed by atoms with Crippen molar-refractivity contribution in [1.29, 1.82) is 0 Å². The molecule has 0 saturated carbocycles. The maximum absolute atomic E-state index is 11.8. The molecule has 0 aliphatic heterocycles. The van der Waals surface area contributed by atoms with Crippen molar-refractivity contribution in [3.63, 3.8) is 0 Å². The summed E-state index contributed by atoms with van der Waals surface area (Å²) in [7, 11) is -0.361. The average molecular weight is 314 g/mol. The molecule has 0 aliphatic carbocycles. The van der Waals surface area contributed by atoms with Crippen molar-refractivity contribution in [2.75, 3.05) is 20.6 Å². The number of nitrogens with zero attached hydrogens (tertiary/aromatic N) is 1. The van der Waals surface area contributed by atoms with Crippen LogP contribution < -0.4 is 4.72 Å². The van der Waals surface area contributed by atoms with E-state index >= 15 is 0 Å². The second-order valence-corrected chi connectivity index (χ2v) is 6.50. The molecule has 21 heavy (non-hydrogen) atoms. The summed E-state index contributed by atoms with van der Waals surface area (Å²) in [5.41, 5.74) is 0.576. The molecule has 7 nitrogen and oxygen atoms in total. The average Bonchev–Trinajstić information content (AvgIpc) is 2.38. The van der Waals surface area contributed by atoms with Gasteiger partial charge in [-0.2, -0.15) is 0 Å². The van der Waals surface area contributed by atoms with Gasteiger partial charge in [0.05, 0.1) is 11.3 Å². The number of carboxylic acids is 1. The van der Waals surface area contributed by atoms with E-state index in [-0.39, 0.29) is 30.2 Å². The van der Waals surface area contributed by atoms with E-state index in [1.807, 2.05) is 0 Å². The molecular weight excluding hydrogens is 296 g/mol. The molecule has 0 aliphatic rings. The third kappa shape index (κ3) is 5.92. The van der Waals surface area contributed by atoms with Gasteiger partial charge in [-0.1, -0.05) is 12.1 Å². The molecule has 0 spiro atoms. The molecule has 0 heterocycles. The summed E-state index contributed by atoms with van der Waals surface area (Å²) in [5, 5.41) is 8.75. The summed E-state index contributed by atoms with van der Waals surface area (Å²) in [5.74, 6) is -1.49. The summed E-state index contributed by atoms with van der Waals surface area (Å²) in [6.07, 6.45) is 0.0875. The molecule has 0 saturated heterocycles. The van der Waals surface area contributed by atoms with Crippen LogP contribution in [0.15, 0.2) is 24.3 Å². The number of benzene rings is 1. The lowest BCUT2D eigenvalue weighted by Gasteiger charge is -2.11. The van der Waals surface area contributed by atoms with Gasteiger partial charge in [0, 0.05) is 27.1 Å². The van der Waals surface area contributed by atoms with Crippen LogP contribution in [0.3, 0.4) is 0 Å². The highest BCUT2D eigenvalue weighted by Gasteiger charge is 2.13. The smallest absolute Gasteiger partial charge is 0.335 e. The summed E-state index contributed by atoms with van der Waals surface area (Å²) >= 11 is 0. The van der Waals surface area contributed by atoms with E-state index in [0.717, 1.165) is 0 Å². The molecule has 0 fully saturated rings. The number of hydrogen-bond acceptors (Lipinski definition) is 4. The van der Waals surface area contributed by atoms with Crippen LogP contribution in [0.4, 0.5) is 0 Å². The van der Waals surface area contributed by atoms with Gasteiger partial charge in [0.15, 0.2) is 0 Å². The van der Waals surface area contributed by atoms with Crippen LogP contribution in [-0.4, -0.2) is 50.9 Å². The van der Waals surface area contributed by atoms with Crippen LogP contribution in [0.2, 0.25) is 0 Å². The monoisotopic (exact) mass is 314 g/mol. The van der Waals surface area contributed by atoms with Crippen molar-refractivity contribution < 1.29 is 23.1 Å². The highest BCUT2D eigenvalue weighted by Crippen LogP contribution is 2.08. The second-order valence-electron chi connectivity index (χ2n) is 4.69. The minimum Gasteiger partial charge on any atom is -0.478 e. The first-order valence-corrected chi connectivity index (χ1v) is 7.86. The van der Waals surface area contributed by atoms with Gasteiger partial charge < -0.3 is 10.0 Å². The Morgan fingerprint density at radius 1 is 1.19 bits per heavy atom. The van der Waals surface area contributed by atoms with Crippen molar-refractivity contribution in [2.45, 2.75) is 12.2 Å². The lowest BCUT2D eigenvalue weighted by atomic mass is 10.1. The number of hydrogen-bond donors (Lipinski definition) is 2. The topological polar surface area (TPSA) is 104 Å². The molecule has 1 amide bonds. The maximum atomic E-state index is 11.8. The Hall–Kier alpha value is -1.93. The Labute approximate surface area is 123 Å². The molecule has 0 bridgehead atoms. The fraction of sp³-hybridized carbons (Fsp3) is 0.385. The lowest BCUT2D eigenvalue weighted by Crippen LogP contribution is -2.31. The molecule has 2 N–H and O–H groups in total. The molecule has 8 heteroatoms. The van der Waals surface area contributed by atoms with Crippen LogP contribution in [0.5, 0.6) is 0 Å². The Kier molecular flexibility index (Phi) is 5.86. The fourth-order valence-corrected chi connectivity index (χ4v) is 2.70. The largest absolute Gasteiger partial charge is 0.478 e. The zero-order valence-electron chi connectivity index (χ0n) is 11.9. The van der Waals surface area contributed by atoms with E-state index < -0.39 is 16.0 Å². The van der Waals surface area contributed by atoms with Crippen molar-refractivity contribution in [3.8, 4) is 0 Å². The molecule has 116 valence electrons. The quantitative estimate of drug-likeness (QED) is 0.752. The molecule has 1 rings (SSSR count). The first-order valence-electron chi connectivity index (χ1n) is 6.21. The van der Waals surface area contributed by atoms with Gasteiger partial charge in [-0.15, -0.1) is 0 Å². The van der Waals surface area contributed by atoms with E-state index in [0.29, 0.717) is 5.56 Å². The van der Waals surface area contributed by atoms with Crippen LogP contribution in [0.25, 0.3) is 0 Å². The highest BCUT2D eigenvalue weighted by molar-refractivity contribution is 7.88. The fourth-order valence-electron chi connectivity index (χ4n) is 1.55. The molecule has 0 radical (unpaired) electrons. The number of amides is 1. The Morgan fingerprint density at radius 3 is 2.24 bits per heavy atom. The van der Waals surface area contributed by atoms with Crippen molar-refractivity contribution in [1.82, 2.24) is 9.62 Å². The molecule has 0 unspecified atom stereocenters. The number of carbonyl (C=O) groups excluding carboxylic acids is 1. The van der Waals surface area contributed by atoms with Gasteiger partial charge in [-0.25, -0.2) is 17.9 Å². The predicted octanol–water partition coefficient (Wildman–Crippen LogP) is 0.283. The second kappa shape index (κ2) is 7.19. The lowest BCUT2D eigenvalue weighted by molar-refractivity contribution is -0.128. The number of sulfonamides is 1. The van der Waals surface area contributed by atoms with Gasteiger partial charge in [0.25, 0.3) is 0 Å². The number of nitrogens with one attached hydrogen (secondary N) is 1. The van der Waals surface area contributed by atoms with E-state index in [4.69, 9.17) is 5.11 Å². The highest BCUT2D eigenvalue weighted by atomic mass is 32.2. The van der Waals surface area contributed by atoms with E-state index in [2.05, 4.69) is 4.72 Å². The molecule has 1 aromatic carbocycles. The number of carbonyl (C=O) groups is 2. The zero-order chi connectivity index (χ0) is 16.0. The van der Waals surface area contributed by atoms with E-state index in [1.165, 1.54) is 29.2 Å². The summed E-state index contributed by atoms with van der Waals surface area (Å²) < 4.78 is 26.0. The van der Waals surface area contributed by atoms with Crippen LogP contribution in [-0.2, 0) is 20.6 Å². The first kappa shape index (κ1) is 17.1. The van der Waals surface area contributed by atoms with Gasteiger partial charge in [0.2, 0.25) is 15.9 Å². The third-order valence-electron chi connectivity index (χ3n) is 2.72. The molecule has 1 aromatic rings. The summed E-state index contributed by atoms with van der Waals surface area (Å²) in [6, 6.07) is 5.60. The minimum atomic E-state index is -3.56. The van der Waals surface area contributed by atoms with Crippen molar-refractivity contribution in [2.24, 2.45) is 0 Å². The first-order chi connectivity index (χ1) is 9.71. The number of carboxylic acid groups (broad SMARTS) is 1. The van der Waals surface area contributed by atoms with E-state index in [9.17, 15) is 18.0 Å².